The van der Waals surface area contributed by atoms with E-state index >= 15 is 0 Å². The molecule has 1 unspecified atom stereocenters. The lowest BCUT2D eigenvalue weighted by Crippen LogP contribution is -1.97. The minimum Gasteiger partial charge on any atom is -0.496 e. The minimum absolute atomic E-state index is 0.000648. The maximum atomic E-state index is 8.91. The molecule has 80 valence electrons. The van der Waals surface area contributed by atoms with Gasteiger partial charge in [-0.25, -0.2) is 0 Å². The van der Waals surface area contributed by atoms with Crippen LogP contribution < -0.4 is 4.74 Å². The molecule has 0 aromatic heterocycles. The summed E-state index contributed by atoms with van der Waals surface area (Å²) in [5.41, 5.74) is 1.19. The van der Waals surface area contributed by atoms with E-state index in [0.717, 1.165) is 17.1 Å². The fourth-order valence-electron chi connectivity index (χ4n) is 1.23. The largest absolute Gasteiger partial charge is 0.496 e. The topological polar surface area (TPSA) is 33.0 Å². The highest BCUT2D eigenvalue weighted by atomic mass is 32.2. The van der Waals surface area contributed by atoms with Gasteiger partial charge in [0.25, 0.3) is 0 Å². The first kappa shape index (κ1) is 11.9. The van der Waals surface area contributed by atoms with Crippen LogP contribution in [0.5, 0.6) is 5.75 Å². The maximum Gasteiger partial charge on any atom is 0.132 e. The van der Waals surface area contributed by atoms with Crippen LogP contribution in [0.15, 0.2) is 23.1 Å². The van der Waals surface area contributed by atoms with E-state index < -0.39 is 0 Å². The first-order valence-corrected chi connectivity index (χ1v) is 5.80. The van der Waals surface area contributed by atoms with E-state index in [4.69, 9.17) is 10.00 Å². The van der Waals surface area contributed by atoms with Crippen LogP contribution in [0.1, 0.15) is 18.9 Å². The Kier molecular flexibility index (Phi) is 4.51. The Morgan fingerprint density at radius 2 is 2.27 bits per heavy atom. The number of methoxy groups -OCH3 is 1. The Labute approximate surface area is 95.3 Å². The summed E-state index contributed by atoms with van der Waals surface area (Å²) in [6.45, 7) is 4.06. The Morgan fingerprint density at radius 3 is 2.80 bits per heavy atom. The number of benzene rings is 1. The summed E-state index contributed by atoms with van der Waals surface area (Å²) in [5, 5.41) is 8.91. The molecule has 0 aliphatic rings. The van der Waals surface area contributed by atoms with Gasteiger partial charge in [-0.1, -0.05) is 13.0 Å². The van der Waals surface area contributed by atoms with E-state index in [0.29, 0.717) is 0 Å². The van der Waals surface area contributed by atoms with E-state index in [-0.39, 0.29) is 5.25 Å². The second kappa shape index (κ2) is 5.67. The summed E-state index contributed by atoms with van der Waals surface area (Å²) < 4.78 is 5.26. The smallest absolute Gasteiger partial charge is 0.132 e. The van der Waals surface area contributed by atoms with Crippen molar-refractivity contribution >= 4 is 11.8 Å². The summed E-state index contributed by atoms with van der Waals surface area (Å²) in [6, 6.07) is 8.29. The van der Waals surface area contributed by atoms with Crippen molar-refractivity contribution in [3.8, 4) is 11.8 Å². The highest BCUT2D eigenvalue weighted by Gasteiger charge is 2.10. The summed E-state index contributed by atoms with van der Waals surface area (Å²) in [4.78, 5) is 1.05. The first-order chi connectivity index (χ1) is 7.21. The van der Waals surface area contributed by atoms with E-state index in [2.05, 4.69) is 12.1 Å². The Morgan fingerprint density at radius 1 is 1.53 bits per heavy atom. The van der Waals surface area contributed by atoms with Gasteiger partial charge in [0, 0.05) is 0 Å². The standard InChI is InChI=1S/C12H15NOS/c1-4-10(8-13)15-12-7-9(2)5-6-11(12)14-3/h5-7,10H,4H2,1-3H3. The van der Waals surface area contributed by atoms with Crippen LogP contribution in [0.2, 0.25) is 0 Å². The van der Waals surface area contributed by atoms with Crippen LogP contribution in [0.4, 0.5) is 0 Å². The van der Waals surface area contributed by atoms with Gasteiger partial charge < -0.3 is 4.74 Å². The lowest BCUT2D eigenvalue weighted by Gasteiger charge is -2.11. The number of hydrogen-bond donors (Lipinski definition) is 0. The van der Waals surface area contributed by atoms with Crippen LogP contribution in [0.3, 0.4) is 0 Å². The molecule has 0 fully saturated rings. The van der Waals surface area contributed by atoms with Crippen LogP contribution in [0, 0.1) is 18.3 Å². The lowest BCUT2D eigenvalue weighted by molar-refractivity contribution is 0.404. The molecule has 1 aromatic rings. The molecule has 1 atom stereocenters. The zero-order valence-electron chi connectivity index (χ0n) is 9.28. The van der Waals surface area contributed by atoms with Gasteiger partial charge in [0.15, 0.2) is 0 Å². The third-order valence-corrected chi connectivity index (χ3v) is 3.40. The van der Waals surface area contributed by atoms with E-state index in [9.17, 15) is 0 Å². The van der Waals surface area contributed by atoms with Crippen molar-refractivity contribution in [3.05, 3.63) is 23.8 Å². The second-order valence-electron chi connectivity index (χ2n) is 3.30. The summed E-state index contributed by atoms with van der Waals surface area (Å²) in [6.07, 6.45) is 0.845. The number of nitriles is 1. The normalized spacial score (nSPS) is 11.9. The quantitative estimate of drug-likeness (QED) is 0.730. The number of rotatable bonds is 4. The van der Waals surface area contributed by atoms with Crippen molar-refractivity contribution in [3.63, 3.8) is 0 Å². The van der Waals surface area contributed by atoms with Crippen molar-refractivity contribution in [1.29, 1.82) is 5.26 Å². The molecule has 1 aromatic carbocycles. The highest BCUT2D eigenvalue weighted by molar-refractivity contribution is 8.00. The highest BCUT2D eigenvalue weighted by Crippen LogP contribution is 2.33. The molecule has 0 aliphatic carbocycles. The predicted molar refractivity (Wildman–Crippen MR) is 63.3 cm³/mol. The van der Waals surface area contributed by atoms with Gasteiger partial charge in [-0.15, -0.1) is 11.8 Å². The predicted octanol–water partition coefficient (Wildman–Crippen LogP) is 3.40. The number of thioether (sulfide) groups is 1. The molecule has 0 radical (unpaired) electrons. The van der Waals surface area contributed by atoms with E-state index in [1.165, 1.54) is 5.56 Å². The molecular formula is C12H15NOS. The molecule has 0 saturated heterocycles. The SMILES string of the molecule is CCC(C#N)Sc1cc(C)ccc1OC. The van der Waals surface area contributed by atoms with Gasteiger partial charge in [-0.05, 0) is 31.0 Å². The van der Waals surface area contributed by atoms with Gasteiger partial charge in [-0.2, -0.15) is 5.26 Å². The second-order valence-corrected chi connectivity index (χ2v) is 4.54. The van der Waals surface area contributed by atoms with Crippen LogP contribution in [-0.4, -0.2) is 12.4 Å². The molecule has 0 N–H and O–H groups in total. The van der Waals surface area contributed by atoms with E-state index in [1.54, 1.807) is 18.9 Å². The zero-order valence-corrected chi connectivity index (χ0v) is 10.1. The number of hydrogen-bond acceptors (Lipinski definition) is 3. The minimum atomic E-state index is 0.000648. The molecule has 0 saturated carbocycles. The summed E-state index contributed by atoms with van der Waals surface area (Å²) >= 11 is 1.57. The van der Waals surface area contributed by atoms with Gasteiger partial charge in [0.1, 0.15) is 5.75 Å². The molecule has 0 spiro atoms. The van der Waals surface area contributed by atoms with Crippen molar-refractivity contribution in [1.82, 2.24) is 0 Å². The lowest BCUT2D eigenvalue weighted by atomic mass is 10.2. The average Bonchev–Trinajstić information content (AvgIpc) is 2.26. The Bertz CT molecular complexity index is 370. The van der Waals surface area contributed by atoms with Gasteiger partial charge in [-0.3, -0.25) is 0 Å². The Balaban J connectivity index is 2.92. The molecule has 2 nitrogen and oxygen atoms in total. The Hall–Kier alpha value is -1.14. The van der Waals surface area contributed by atoms with Crippen molar-refractivity contribution in [2.45, 2.75) is 30.4 Å². The fraction of sp³-hybridized carbons (Fsp3) is 0.417. The van der Waals surface area contributed by atoms with Crippen LogP contribution >= 0.6 is 11.8 Å². The van der Waals surface area contributed by atoms with Crippen molar-refractivity contribution < 1.29 is 4.74 Å². The van der Waals surface area contributed by atoms with Crippen LogP contribution in [-0.2, 0) is 0 Å². The molecule has 0 amide bonds. The first-order valence-electron chi connectivity index (χ1n) is 4.92. The van der Waals surface area contributed by atoms with E-state index in [1.807, 2.05) is 26.0 Å². The van der Waals surface area contributed by atoms with Gasteiger partial charge in [0.05, 0.1) is 23.3 Å². The number of ether oxygens (including phenoxy) is 1. The van der Waals surface area contributed by atoms with Crippen molar-refractivity contribution in [2.24, 2.45) is 0 Å². The fourth-order valence-corrected chi connectivity index (χ4v) is 2.28. The molecule has 0 bridgehead atoms. The monoisotopic (exact) mass is 221 g/mol. The molecule has 3 heteroatoms. The summed E-state index contributed by atoms with van der Waals surface area (Å²) in [7, 11) is 1.65. The van der Waals surface area contributed by atoms with Crippen LogP contribution in [0.25, 0.3) is 0 Å². The summed E-state index contributed by atoms with van der Waals surface area (Å²) in [5.74, 6) is 0.847. The molecule has 0 heterocycles. The number of aryl methyl sites for hydroxylation is 1. The number of nitrogens with zero attached hydrogens (tertiary/aromatic N) is 1. The van der Waals surface area contributed by atoms with Gasteiger partial charge in [0.2, 0.25) is 0 Å². The molecule has 1 rings (SSSR count). The van der Waals surface area contributed by atoms with Gasteiger partial charge >= 0.3 is 0 Å². The maximum absolute atomic E-state index is 8.91. The third-order valence-electron chi connectivity index (χ3n) is 2.10. The van der Waals surface area contributed by atoms with Crippen molar-refractivity contribution in [2.75, 3.05) is 7.11 Å². The molecule has 15 heavy (non-hydrogen) atoms. The zero-order chi connectivity index (χ0) is 11.3. The molecule has 0 aliphatic heterocycles. The third kappa shape index (κ3) is 3.17. The average molecular weight is 221 g/mol. The molecular weight excluding hydrogens is 206 g/mol.